The van der Waals surface area contributed by atoms with Gasteiger partial charge in [0, 0.05) is 23.3 Å². The summed E-state index contributed by atoms with van der Waals surface area (Å²) in [5.74, 6) is 0. The number of nitrogens with two attached hydrogens (primary N) is 1. The third-order valence-corrected chi connectivity index (χ3v) is 2.47. The number of rotatable bonds is 2. The van der Waals surface area contributed by atoms with Crippen molar-refractivity contribution >= 4 is 22.6 Å². The number of nitrogens with one attached hydrogen (secondary N) is 1. The van der Waals surface area contributed by atoms with E-state index in [1.54, 1.807) is 12.3 Å². The molecular formula is C10H10ClN3. The van der Waals surface area contributed by atoms with Gasteiger partial charge in [-0.3, -0.25) is 0 Å². The molecule has 0 aliphatic rings. The number of nitrogens with zero attached hydrogens (tertiary/aromatic N) is 1. The number of aromatic amines is 1. The number of hydrogen-bond acceptors (Lipinski definition) is 2. The number of hydrogen-bond donors (Lipinski definition) is 2. The summed E-state index contributed by atoms with van der Waals surface area (Å²) in [4.78, 5) is 7.15. The van der Waals surface area contributed by atoms with Crippen molar-refractivity contribution in [2.24, 2.45) is 5.73 Å². The molecule has 72 valence electrons. The molecule has 0 spiro atoms. The molecule has 1 atom stereocenters. The van der Waals surface area contributed by atoms with Gasteiger partial charge < -0.3 is 10.7 Å². The zero-order chi connectivity index (χ0) is 10.1. The van der Waals surface area contributed by atoms with Crippen molar-refractivity contribution in [2.75, 3.05) is 0 Å². The van der Waals surface area contributed by atoms with Crippen molar-refractivity contribution in [3.63, 3.8) is 0 Å². The highest BCUT2D eigenvalue weighted by Crippen LogP contribution is 2.28. The molecule has 0 amide bonds. The van der Waals surface area contributed by atoms with Gasteiger partial charge in [0.15, 0.2) is 0 Å². The first kappa shape index (κ1) is 9.24. The highest BCUT2D eigenvalue weighted by Gasteiger charge is 2.12. The van der Waals surface area contributed by atoms with Gasteiger partial charge in [0.2, 0.25) is 0 Å². The van der Waals surface area contributed by atoms with E-state index >= 15 is 0 Å². The van der Waals surface area contributed by atoms with E-state index in [0.29, 0.717) is 5.02 Å². The van der Waals surface area contributed by atoms with Crippen LogP contribution in [0, 0.1) is 0 Å². The Bertz CT molecular complexity index is 475. The molecule has 0 aliphatic heterocycles. The molecule has 2 aromatic rings. The average molecular weight is 208 g/mol. The van der Waals surface area contributed by atoms with E-state index in [0.717, 1.165) is 16.6 Å². The molecule has 0 bridgehead atoms. The van der Waals surface area contributed by atoms with Crippen LogP contribution in [0.2, 0.25) is 5.02 Å². The SMILES string of the molecule is C=CC(N)c1c(Cl)cnc2[nH]ccc12. The van der Waals surface area contributed by atoms with Crippen molar-refractivity contribution in [3.8, 4) is 0 Å². The Morgan fingerprint density at radius 2 is 2.43 bits per heavy atom. The molecule has 0 saturated carbocycles. The summed E-state index contributed by atoms with van der Waals surface area (Å²) in [7, 11) is 0. The second-order valence-electron chi connectivity index (χ2n) is 3.02. The van der Waals surface area contributed by atoms with Crippen LogP contribution in [0.25, 0.3) is 11.0 Å². The molecule has 3 nitrogen and oxygen atoms in total. The zero-order valence-corrected chi connectivity index (χ0v) is 8.25. The van der Waals surface area contributed by atoms with E-state index in [-0.39, 0.29) is 6.04 Å². The second kappa shape index (κ2) is 3.44. The van der Waals surface area contributed by atoms with Crippen LogP contribution in [0.3, 0.4) is 0 Å². The van der Waals surface area contributed by atoms with Crippen molar-refractivity contribution < 1.29 is 0 Å². The van der Waals surface area contributed by atoms with E-state index in [1.807, 2.05) is 12.3 Å². The van der Waals surface area contributed by atoms with Crippen molar-refractivity contribution in [1.29, 1.82) is 0 Å². The lowest BCUT2D eigenvalue weighted by Crippen LogP contribution is -2.07. The summed E-state index contributed by atoms with van der Waals surface area (Å²) in [6.45, 7) is 3.66. The first-order valence-corrected chi connectivity index (χ1v) is 4.61. The minimum absolute atomic E-state index is 0.260. The number of H-pyrrole nitrogens is 1. The fraction of sp³-hybridized carbons (Fsp3) is 0.100. The van der Waals surface area contributed by atoms with Gasteiger partial charge in [0.25, 0.3) is 0 Å². The van der Waals surface area contributed by atoms with E-state index in [9.17, 15) is 0 Å². The number of fused-ring (bicyclic) bond motifs is 1. The second-order valence-corrected chi connectivity index (χ2v) is 3.43. The summed E-state index contributed by atoms with van der Waals surface area (Å²) in [5, 5.41) is 1.52. The van der Waals surface area contributed by atoms with Gasteiger partial charge in [-0.25, -0.2) is 4.98 Å². The lowest BCUT2D eigenvalue weighted by molar-refractivity contribution is 0.923. The van der Waals surface area contributed by atoms with E-state index in [1.165, 1.54) is 0 Å². The van der Waals surface area contributed by atoms with Gasteiger partial charge in [-0.05, 0) is 6.07 Å². The lowest BCUT2D eigenvalue weighted by atomic mass is 10.1. The predicted octanol–water partition coefficient (Wildman–Crippen LogP) is 2.40. The largest absolute Gasteiger partial charge is 0.346 e. The Labute approximate surface area is 86.6 Å². The maximum absolute atomic E-state index is 6.03. The minimum atomic E-state index is -0.260. The minimum Gasteiger partial charge on any atom is -0.346 e. The normalized spacial score (nSPS) is 13.0. The van der Waals surface area contributed by atoms with Crippen LogP contribution in [-0.4, -0.2) is 9.97 Å². The van der Waals surface area contributed by atoms with E-state index < -0.39 is 0 Å². The smallest absolute Gasteiger partial charge is 0.137 e. The number of aromatic nitrogens is 2. The molecule has 3 N–H and O–H groups in total. The number of halogens is 1. The van der Waals surface area contributed by atoms with Crippen LogP contribution in [0.1, 0.15) is 11.6 Å². The van der Waals surface area contributed by atoms with Crippen molar-refractivity contribution in [1.82, 2.24) is 9.97 Å². The molecule has 14 heavy (non-hydrogen) atoms. The Kier molecular flexibility index (Phi) is 2.27. The highest BCUT2D eigenvalue weighted by molar-refractivity contribution is 6.32. The van der Waals surface area contributed by atoms with Crippen LogP contribution in [0.15, 0.2) is 31.1 Å². The van der Waals surface area contributed by atoms with Crippen LogP contribution in [-0.2, 0) is 0 Å². The first-order valence-electron chi connectivity index (χ1n) is 4.23. The van der Waals surface area contributed by atoms with Gasteiger partial charge in [-0.2, -0.15) is 0 Å². The summed E-state index contributed by atoms with van der Waals surface area (Å²) < 4.78 is 0. The van der Waals surface area contributed by atoms with Gasteiger partial charge in [-0.15, -0.1) is 6.58 Å². The predicted molar refractivity (Wildman–Crippen MR) is 58.2 cm³/mol. The maximum Gasteiger partial charge on any atom is 0.137 e. The molecule has 0 aromatic carbocycles. The fourth-order valence-corrected chi connectivity index (χ4v) is 1.74. The Morgan fingerprint density at radius 3 is 3.14 bits per heavy atom. The third kappa shape index (κ3) is 1.31. The summed E-state index contributed by atoms with van der Waals surface area (Å²) >= 11 is 6.03. The lowest BCUT2D eigenvalue weighted by Gasteiger charge is -2.09. The molecule has 2 rings (SSSR count). The van der Waals surface area contributed by atoms with Crippen LogP contribution < -0.4 is 5.73 Å². The molecule has 0 fully saturated rings. The summed E-state index contributed by atoms with van der Waals surface area (Å²) in [5.41, 5.74) is 7.54. The molecule has 2 aromatic heterocycles. The maximum atomic E-state index is 6.03. The molecular weight excluding hydrogens is 198 g/mol. The Morgan fingerprint density at radius 1 is 1.64 bits per heavy atom. The molecule has 1 unspecified atom stereocenters. The van der Waals surface area contributed by atoms with Crippen LogP contribution in [0.5, 0.6) is 0 Å². The summed E-state index contributed by atoms with van der Waals surface area (Å²) in [6.07, 6.45) is 5.07. The molecule has 0 aliphatic carbocycles. The van der Waals surface area contributed by atoms with Gasteiger partial charge in [0.1, 0.15) is 5.65 Å². The fourth-order valence-electron chi connectivity index (χ4n) is 1.46. The highest BCUT2D eigenvalue weighted by atomic mass is 35.5. The van der Waals surface area contributed by atoms with Crippen molar-refractivity contribution in [2.45, 2.75) is 6.04 Å². The molecule has 0 saturated heterocycles. The molecule has 0 radical (unpaired) electrons. The van der Waals surface area contributed by atoms with Crippen molar-refractivity contribution in [3.05, 3.63) is 41.7 Å². The molecule has 2 heterocycles. The average Bonchev–Trinajstić information content (AvgIpc) is 2.64. The standard InChI is InChI=1S/C10H10ClN3/c1-2-8(12)9-6-3-4-13-10(6)14-5-7(9)11/h2-5,8H,1,12H2,(H,13,14). The first-order chi connectivity index (χ1) is 6.74. The van der Waals surface area contributed by atoms with Crippen LogP contribution in [0.4, 0.5) is 0 Å². The summed E-state index contributed by atoms with van der Waals surface area (Å²) in [6, 6.07) is 1.65. The zero-order valence-electron chi connectivity index (χ0n) is 7.50. The van der Waals surface area contributed by atoms with Crippen LogP contribution >= 0.6 is 11.6 Å². The third-order valence-electron chi connectivity index (χ3n) is 2.17. The van der Waals surface area contributed by atoms with E-state index in [4.69, 9.17) is 17.3 Å². The molecule has 4 heteroatoms. The number of pyridine rings is 1. The van der Waals surface area contributed by atoms with Gasteiger partial charge in [-0.1, -0.05) is 17.7 Å². The quantitative estimate of drug-likeness (QED) is 0.743. The Balaban J connectivity index is 2.75. The van der Waals surface area contributed by atoms with Gasteiger partial charge in [0.05, 0.1) is 11.1 Å². The van der Waals surface area contributed by atoms with Gasteiger partial charge >= 0.3 is 0 Å². The Hall–Kier alpha value is -1.32. The monoisotopic (exact) mass is 207 g/mol. The van der Waals surface area contributed by atoms with E-state index in [2.05, 4.69) is 16.5 Å². The topological polar surface area (TPSA) is 54.7 Å².